The molecule has 0 aliphatic carbocycles. The number of rotatable bonds is 16. The number of carbonyl (C=O) groups is 3. The molecule has 5 rings (SSSR count). The molecule has 1 N–H and O–H groups in total. The number of unbranched alkanes of at least 4 members (excludes halogenated alkanes) is 2. The van der Waals surface area contributed by atoms with E-state index in [-0.39, 0.29) is 29.6 Å². The molecule has 1 saturated heterocycles. The molecular formula is C39H50N3O9S+. The van der Waals surface area contributed by atoms with Gasteiger partial charge in [0.15, 0.2) is 5.71 Å². The van der Waals surface area contributed by atoms with E-state index in [0.717, 1.165) is 28.3 Å². The number of imide groups is 1. The summed E-state index contributed by atoms with van der Waals surface area (Å²) in [5.41, 5.74) is 6.39. The molecule has 12 nitrogen and oxygen atoms in total. The van der Waals surface area contributed by atoms with Gasteiger partial charge in [0.2, 0.25) is 5.69 Å². The van der Waals surface area contributed by atoms with Gasteiger partial charge in [0.05, 0.1) is 30.1 Å². The number of benzene rings is 2. The Bertz CT molecular complexity index is 1910. The van der Waals surface area contributed by atoms with Crippen LogP contribution in [0.4, 0.5) is 11.4 Å². The Morgan fingerprint density at radius 3 is 2.37 bits per heavy atom. The van der Waals surface area contributed by atoms with Crippen LogP contribution in [-0.2, 0) is 49.6 Å². The second-order valence-corrected chi connectivity index (χ2v) is 15.9. The van der Waals surface area contributed by atoms with E-state index in [4.69, 9.17) is 14.3 Å². The van der Waals surface area contributed by atoms with Gasteiger partial charge < -0.3 is 19.2 Å². The minimum atomic E-state index is -4.41. The number of anilines is 1. The van der Waals surface area contributed by atoms with Crippen LogP contribution in [0, 0.1) is 6.92 Å². The van der Waals surface area contributed by atoms with Gasteiger partial charge in [0, 0.05) is 73.8 Å². The van der Waals surface area contributed by atoms with Gasteiger partial charge in [-0.1, -0.05) is 37.6 Å². The van der Waals surface area contributed by atoms with E-state index in [1.165, 1.54) is 23.3 Å². The third kappa shape index (κ3) is 8.22. The summed E-state index contributed by atoms with van der Waals surface area (Å²) in [4.78, 5) is 43.1. The zero-order valence-electron chi connectivity index (χ0n) is 30.9. The van der Waals surface area contributed by atoms with Crippen LogP contribution in [-0.4, -0.2) is 86.1 Å². The monoisotopic (exact) mass is 736 g/mol. The van der Waals surface area contributed by atoms with Crippen LogP contribution in [0.5, 0.6) is 0 Å². The van der Waals surface area contributed by atoms with E-state index >= 15 is 0 Å². The van der Waals surface area contributed by atoms with Gasteiger partial charge in [-0.05, 0) is 63.5 Å². The van der Waals surface area contributed by atoms with Gasteiger partial charge in [-0.15, -0.1) is 5.06 Å². The zero-order chi connectivity index (χ0) is 37.8. The van der Waals surface area contributed by atoms with E-state index in [2.05, 4.69) is 60.6 Å². The molecule has 0 bridgehead atoms. The average molecular weight is 737 g/mol. The van der Waals surface area contributed by atoms with Crippen molar-refractivity contribution in [3.8, 4) is 0 Å². The largest absolute Gasteiger partial charge is 0.382 e. The van der Waals surface area contributed by atoms with Crippen molar-refractivity contribution in [2.75, 3.05) is 44.9 Å². The minimum absolute atomic E-state index is 0.0452. The lowest BCUT2D eigenvalue weighted by Crippen LogP contribution is -2.31. The molecule has 2 aromatic carbocycles. The second-order valence-electron chi connectivity index (χ2n) is 14.5. The lowest BCUT2D eigenvalue weighted by molar-refractivity contribution is -0.438. The molecule has 0 unspecified atom stereocenters. The standard InChI is InChI=1S/C39H49N3O9S/c1-27-14-16-31-29(25-27)38(2,3)34(41(31)21-22-50-24-23-49-6)12-10-11-33-39(4,5)30-26-28(52(46,47)48)15-17-32(30)40(33)20-9-7-8-13-37(45)51-42-35(43)18-19-36(42)44/h10-12,14-17,25-26H,7-9,13,18-24H2,1-6H3/p+1. The zero-order valence-corrected chi connectivity index (χ0v) is 31.8. The Labute approximate surface area is 306 Å². The minimum Gasteiger partial charge on any atom is -0.382 e. The van der Waals surface area contributed by atoms with Gasteiger partial charge in [-0.3, -0.25) is 14.1 Å². The van der Waals surface area contributed by atoms with Crippen molar-refractivity contribution in [1.29, 1.82) is 0 Å². The van der Waals surface area contributed by atoms with Gasteiger partial charge in [-0.25, -0.2) is 4.79 Å². The highest BCUT2D eigenvalue weighted by molar-refractivity contribution is 7.85. The van der Waals surface area contributed by atoms with E-state index in [0.29, 0.717) is 57.2 Å². The van der Waals surface area contributed by atoms with Crippen LogP contribution >= 0.6 is 0 Å². The number of aryl methyl sites for hydroxylation is 1. The molecule has 13 heteroatoms. The summed E-state index contributed by atoms with van der Waals surface area (Å²) in [5, 5.41) is 0.567. The molecule has 3 aliphatic heterocycles. The van der Waals surface area contributed by atoms with Crippen molar-refractivity contribution < 1.29 is 46.2 Å². The maximum absolute atomic E-state index is 12.3. The highest BCUT2D eigenvalue weighted by Gasteiger charge is 2.45. The lowest BCUT2D eigenvalue weighted by Gasteiger charge is -2.27. The van der Waals surface area contributed by atoms with Crippen molar-refractivity contribution in [2.24, 2.45) is 0 Å². The smallest absolute Gasteiger partial charge is 0.333 e. The Hall–Kier alpha value is -4.17. The van der Waals surface area contributed by atoms with Gasteiger partial charge in [0.1, 0.15) is 6.54 Å². The Morgan fingerprint density at radius 1 is 0.942 bits per heavy atom. The van der Waals surface area contributed by atoms with Crippen LogP contribution in [0.2, 0.25) is 0 Å². The van der Waals surface area contributed by atoms with Crippen LogP contribution < -0.4 is 4.90 Å². The summed E-state index contributed by atoms with van der Waals surface area (Å²) in [6.45, 7) is 13.4. The Morgan fingerprint density at radius 2 is 1.67 bits per heavy atom. The fourth-order valence-electron chi connectivity index (χ4n) is 7.24. The summed E-state index contributed by atoms with van der Waals surface area (Å²) >= 11 is 0. The second kappa shape index (κ2) is 15.8. The summed E-state index contributed by atoms with van der Waals surface area (Å²) in [7, 11) is -2.76. The Kier molecular flexibility index (Phi) is 11.9. The van der Waals surface area contributed by atoms with Gasteiger partial charge >= 0.3 is 5.97 Å². The molecule has 0 radical (unpaired) electrons. The highest BCUT2D eigenvalue weighted by Crippen LogP contribution is 2.48. The molecule has 0 aromatic heterocycles. The summed E-state index contributed by atoms with van der Waals surface area (Å²) in [6, 6.07) is 11.2. The number of methoxy groups -OCH3 is 1. The van der Waals surface area contributed by atoms with Gasteiger partial charge in [0.25, 0.3) is 21.9 Å². The van der Waals surface area contributed by atoms with Crippen molar-refractivity contribution in [1.82, 2.24) is 5.06 Å². The number of ether oxygens (including phenoxy) is 2. The predicted octanol–water partition coefficient (Wildman–Crippen LogP) is 5.69. The van der Waals surface area contributed by atoms with Crippen LogP contribution in [0.1, 0.15) is 82.9 Å². The predicted molar refractivity (Wildman–Crippen MR) is 196 cm³/mol. The fraction of sp³-hybridized carbons (Fsp3) is 0.487. The summed E-state index contributed by atoms with van der Waals surface area (Å²) in [5.74, 6) is -1.64. The molecule has 1 fully saturated rings. The average Bonchev–Trinajstić information content (AvgIpc) is 3.59. The van der Waals surface area contributed by atoms with Crippen molar-refractivity contribution >= 4 is 45.0 Å². The first-order chi connectivity index (χ1) is 24.6. The normalized spacial score (nSPS) is 18.6. The molecule has 2 aromatic rings. The number of hydrogen-bond donors (Lipinski definition) is 1. The number of hydrogen-bond acceptors (Lipinski definition) is 9. The highest BCUT2D eigenvalue weighted by atomic mass is 32.2. The third-order valence-electron chi connectivity index (χ3n) is 10.1. The topological polar surface area (TPSA) is 143 Å². The number of allylic oxidation sites excluding steroid dienone is 4. The summed E-state index contributed by atoms with van der Waals surface area (Å²) < 4.78 is 47.2. The SMILES string of the molecule is COCCOCCN1C(=CC=CC2=[N+](CCCCCC(=O)ON3C(=O)CCC3=O)c3ccc(S(=O)(=O)O)cc3C2(C)C)C(C)(C)c2cc(C)ccc21. The van der Waals surface area contributed by atoms with Crippen LogP contribution in [0.3, 0.4) is 0 Å². The maximum Gasteiger partial charge on any atom is 0.333 e. The van der Waals surface area contributed by atoms with E-state index in [1.54, 1.807) is 13.2 Å². The van der Waals surface area contributed by atoms with Crippen molar-refractivity contribution in [2.45, 2.75) is 88.9 Å². The molecule has 3 aliphatic rings. The van der Waals surface area contributed by atoms with Crippen molar-refractivity contribution in [3.63, 3.8) is 0 Å². The third-order valence-corrected chi connectivity index (χ3v) is 10.9. The molecule has 3 heterocycles. The van der Waals surface area contributed by atoms with E-state index in [9.17, 15) is 27.4 Å². The Balaban J connectivity index is 1.39. The van der Waals surface area contributed by atoms with E-state index < -0.39 is 33.3 Å². The van der Waals surface area contributed by atoms with Crippen LogP contribution in [0.15, 0.2) is 65.2 Å². The molecular weight excluding hydrogens is 687 g/mol. The number of amides is 2. The maximum atomic E-state index is 12.3. The number of carbonyl (C=O) groups excluding carboxylic acids is 3. The number of fused-ring (bicyclic) bond motifs is 2. The first-order valence-corrected chi connectivity index (χ1v) is 19.2. The van der Waals surface area contributed by atoms with Crippen molar-refractivity contribution in [3.05, 3.63) is 77.0 Å². The van der Waals surface area contributed by atoms with Gasteiger partial charge in [-0.2, -0.15) is 13.0 Å². The fourth-order valence-corrected chi connectivity index (χ4v) is 7.74. The number of hydroxylamine groups is 2. The molecule has 0 saturated carbocycles. The lowest BCUT2D eigenvalue weighted by atomic mass is 9.81. The van der Waals surface area contributed by atoms with E-state index in [1.807, 2.05) is 19.9 Å². The first-order valence-electron chi connectivity index (χ1n) is 17.7. The molecule has 2 amide bonds. The molecule has 52 heavy (non-hydrogen) atoms. The molecule has 0 atom stereocenters. The quantitative estimate of drug-likeness (QED) is 0.0989. The number of nitrogens with zero attached hydrogens (tertiary/aromatic N) is 3. The van der Waals surface area contributed by atoms with Crippen LogP contribution in [0.25, 0.3) is 0 Å². The molecule has 0 spiro atoms. The summed E-state index contributed by atoms with van der Waals surface area (Å²) in [6.07, 6.45) is 8.27. The molecule has 280 valence electrons. The first kappa shape index (κ1) is 39.0.